The molecule has 0 atom stereocenters. The number of amides is 2. The minimum atomic E-state index is -0.509. The van der Waals surface area contributed by atoms with Gasteiger partial charge in [-0.1, -0.05) is 18.7 Å². The Kier molecular flexibility index (Phi) is 6.81. The largest absolute Gasteiger partial charge is 0.494 e. The van der Waals surface area contributed by atoms with Crippen molar-refractivity contribution in [2.75, 3.05) is 25.0 Å². The number of carbonyl (C=O) groups excluding carboxylic acids is 2. The molecule has 0 unspecified atom stereocenters. The van der Waals surface area contributed by atoms with Gasteiger partial charge in [0.05, 0.1) is 12.2 Å². The van der Waals surface area contributed by atoms with E-state index in [0.717, 1.165) is 29.6 Å². The lowest BCUT2D eigenvalue weighted by atomic mass is 9.77. The van der Waals surface area contributed by atoms with Gasteiger partial charge < -0.3 is 24.3 Å². The van der Waals surface area contributed by atoms with E-state index in [4.69, 9.17) is 14.0 Å². The number of carbonyl (C=O) groups is 2. The Bertz CT molecular complexity index is 841. The molecule has 2 amide bonds. The third-order valence-corrected chi connectivity index (χ3v) is 5.39. The third-order valence-electron chi connectivity index (χ3n) is 5.39. The van der Waals surface area contributed by atoms with Gasteiger partial charge >= 0.3 is 13.2 Å². The molecule has 2 heterocycles. The molecule has 0 spiro atoms. The van der Waals surface area contributed by atoms with E-state index < -0.39 is 12.7 Å². The number of nitrogens with one attached hydrogen (secondary N) is 1. The SMILES string of the molecule is C=CC(=O)Nc1cc(B2OCC(C)(C)O2)ccc1C1CCN(C(=O)OC(C)(C)C)CC1. The Hall–Kier alpha value is -2.32. The van der Waals surface area contributed by atoms with E-state index >= 15 is 0 Å². The molecule has 2 fully saturated rings. The van der Waals surface area contributed by atoms with Crippen molar-refractivity contribution in [2.24, 2.45) is 0 Å². The van der Waals surface area contributed by atoms with Crippen LogP contribution in [0.15, 0.2) is 30.9 Å². The van der Waals surface area contributed by atoms with E-state index in [1.807, 2.05) is 52.8 Å². The van der Waals surface area contributed by atoms with Crippen LogP contribution in [0.2, 0.25) is 0 Å². The molecule has 7 nitrogen and oxygen atoms in total. The van der Waals surface area contributed by atoms with Crippen LogP contribution in [0.25, 0.3) is 0 Å². The minimum absolute atomic E-state index is 0.217. The van der Waals surface area contributed by atoms with E-state index in [0.29, 0.717) is 19.7 Å². The number of piperidine rings is 1. The zero-order chi connectivity index (χ0) is 22.8. The normalized spacial score (nSPS) is 19.3. The van der Waals surface area contributed by atoms with Crippen molar-refractivity contribution in [3.8, 4) is 0 Å². The zero-order valence-corrected chi connectivity index (χ0v) is 19.2. The standard InChI is InChI=1S/C23H33BN2O5/c1-7-20(27)25-19-14-17(24-29-15-23(5,6)31-24)8-9-18(19)16-10-12-26(13-11-16)21(28)30-22(2,3)4/h7-9,14,16H,1,10-13,15H2,2-6H3,(H,25,27). The Labute approximate surface area is 185 Å². The van der Waals surface area contributed by atoms with Crippen molar-refractivity contribution < 1.29 is 23.6 Å². The first-order chi connectivity index (χ1) is 14.5. The van der Waals surface area contributed by atoms with Gasteiger partial charge in [-0.05, 0) is 76.5 Å². The Morgan fingerprint density at radius 2 is 1.97 bits per heavy atom. The van der Waals surface area contributed by atoms with Crippen molar-refractivity contribution in [3.63, 3.8) is 0 Å². The summed E-state index contributed by atoms with van der Waals surface area (Å²) in [5, 5.41) is 2.93. The summed E-state index contributed by atoms with van der Waals surface area (Å²) >= 11 is 0. The molecule has 0 radical (unpaired) electrons. The van der Waals surface area contributed by atoms with Gasteiger partial charge in [0, 0.05) is 18.8 Å². The second-order valence-corrected chi connectivity index (χ2v) is 9.80. The smallest absolute Gasteiger partial charge is 0.444 e. The summed E-state index contributed by atoms with van der Waals surface area (Å²) in [6, 6.07) is 5.94. The Morgan fingerprint density at radius 3 is 2.52 bits per heavy atom. The fraction of sp³-hybridized carbons (Fsp3) is 0.565. The molecule has 8 heteroatoms. The zero-order valence-electron chi connectivity index (χ0n) is 19.2. The van der Waals surface area contributed by atoms with Crippen LogP contribution in [0.3, 0.4) is 0 Å². The fourth-order valence-electron chi connectivity index (χ4n) is 3.87. The van der Waals surface area contributed by atoms with Gasteiger partial charge in [-0.2, -0.15) is 0 Å². The molecule has 1 aromatic carbocycles. The molecular weight excluding hydrogens is 395 g/mol. The first-order valence-electron chi connectivity index (χ1n) is 10.8. The van der Waals surface area contributed by atoms with Crippen molar-refractivity contribution in [1.82, 2.24) is 4.90 Å². The summed E-state index contributed by atoms with van der Waals surface area (Å²) in [5.41, 5.74) is 1.78. The molecule has 3 rings (SSSR count). The molecule has 1 N–H and O–H groups in total. The number of anilines is 1. The lowest BCUT2D eigenvalue weighted by Gasteiger charge is -2.34. The fourth-order valence-corrected chi connectivity index (χ4v) is 3.87. The maximum atomic E-state index is 12.4. The van der Waals surface area contributed by atoms with Gasteiger partial charge in [0.15, 0.2) is 0 Å². The Balaban J connectivity index is 1.75. The summed E-state index contributed by atoms with van der Waals surface area (Å²) in [6.07, 6.45) is 2.56. The molecule has 168 valence electrons. The summed E-state index contributed by atoms with van der Waals surface area (Å²) in [7, 11) is -0.461. The summed E-state index contributed by atoms with van der Waals surface area (Å²) < 4.78 is 17.3. The summed E-state index contributed by atoms with van der Waals surface area (Å²) in [6.45, 7) is 14.9. The average molecular weight is 428 g/mol. The van der Waals surface area contributed by atoms with Gasteiger partial charge in [-0.3, -0.25) is 4.79 Å². The number of ether oxygens (including phenoxy) is 1. The van der Waals surface area contributed by atoms with Crippen molar-refractivity contribution in [3.05, 3.63) is 36.4 Å². The van der Waals surface area contributed by atoms with E-state index in [1.54, 1.807) is 4.90 Å². The average Bonchev–Trinajstić information content (AvgIpc) is 3.06. The molecule has 2 aliphatic heterocycles. The van der Waals surface area contributed by atoms with Crippen LogP contribution < -0.4 is 10.8 Å². The number of nitrogens with zero attached hydrogens (tertiary/aromatic N) is 1. The van der Waals surface area contributed by atoms with E-state index in [2.05, 4.69) is 11.9 Å². The van der Waals surface area contributed by atoms with Gasteiger partial charge in [0.2, 0.25) is 5.91 Å². The van der Waals surface area contributed by atoms with E-state index in [1.165, 1.54) is 6.08 Å². The van der Waals surface area contributed by atoms with Crippen LogP contribution in [0.4, 0.5) is 10.5 Å². The maximum absolute atomic E-state index is 12.4. The highest BCUT2D eigenvalue weighted by atomic mass is 16.7. The van der Waals surface area contributed by atoms with Gasteiger partial charge in [-0.25, -0.2) is 4.79 Å². The van der Waals surface area contributed by atoms with Crippen molar-refractivity contribution in [2.45, 2.75) is 64.6 Å². The number of hydrogen-bond donors (Lipinski definition) is 1. The number of rotatable bonds is 4. The molecule has 31 heavy (non-hydrogen) atoms. The topological polar surface area (TPSA) is 77.1 Å². The highest BCUT2D eigenvalue weighted by Crippen LogP contribution is 2.33. The quantitative estimate of drug-likeness (QED) is 0.587. The second kappa shape index (κ2) is 9.05. The number of hydrogen-bond acceptors (Lipinski definition) is 5. The van der Waals surface area contributed by atoms with E-state index in [9.17, 15) is 9.59 Å². The number of benzene rings is 1. The molecule has 0 saturated carbocycles. The lowest BCUT2D eigenvalue weighted by molar-refractivity contribution is -0.111. The first-order valence-corrected chi connectivity index (χ1v) is 10.8. The summed E-state index contributed by atoms with van der Waals surface area (Å²) in [5.74, 6) is -0.0483. The lowest BCUT2D eigenvalue weighted by Crippen LogP contribution is -2.41. The highest BCUT2D eigenvalue weighted by Gasteiger charge is 2.38. The minimum Gasteiger partial charge on any atom is -0.444 e. The molecule has 0 bridgehead atoms. The van der Waals surface area contributed by atoms with Crippen LogP contribution in [0.1, 0.15) is 58.9 Å². The monoisotopic (exact) mass is 428 g/mol. The molecule has 0 aromatic heterocycles. The molecule has 2 aliphatic rings. The molecule has 0 aliphatic carbocycles. The maximum Gasteiger partial charge on any atom is 0.494 e. The van der Waals surface area contributed by atoms with Gasteiger partial charge in [0.1, 0.15) is 5.60 Å². The van der Waals surface area contributed by atoms with Gasteiger partial charge in [0.25, 0.3) is 0 Å². The van der Waals surface area contributed by atoms with Crippen molar-refractivity contribution >= 4 is 30.3 Å². The second-order valence-electron chi connectivity index (χ2n) is 9.80. The van der Waals surface area contributed by atoms with Crippen molar-refractivity contribution in [1.29, 1.82) is 0 Å². The van der Waals surface area contributed by atoms with Crippen LogP contribution in [0, 0.1) is 0 Å². The first kappa shape index (κ1) is 23.4. The van der Waals surface area contributed by atoms with Gasteiger partial charge in [-0.15, -0.1) is 0 Å². The van der Waals surface area contributed by atoms with E-state index in [-0.39, 0.29) is 23.5 Å². The van der Waals surface area contributed by atoms with Crippen LogP contribution >= 0.6 is 0 Å². The molecule has 2 saturated heterocycles. The summed E-state index contributed by atoms with van der Waals surface area (Å²) in [4.78, 5) is 26.2. The highest BCUT2D eigenvalue weighted by molar-refractivity contribution is 6.62. The Morgan fingerprint density at radius 1 is 1.29 bits per heavy atom. The predicted octanol–water partition coefficient (Wildman–Crippen LogP) is 3.45. The predicted molar refractivity (Wildman–Crippen MR) is 122 cm³/mol. The van der Waals surface area contributed by atoms with Crippen LogP contribution in [-0.4, -0.2) is 54.9 Å². The van der Waals surface area contributed by atoms with Crippen LogP contribution in [-0.2, 0) is 18.8 Å². The number of likely N-dealkylation sites (tertiary alicyclic amines) is 1. The van der Waals surface area contributed by atoms with Crippen LogP contribution in [0.5, 0.6) is 0 Å². The molecular formula is C23H33BN2O5. The molecule has 1 aromatic rings. The third kappa shape index (κ3) is 6.11.